The number of nitrogens with one attached hydrogen (secondary N) is 1. The highest BCUT2D eigenvalue weighted by Gasteiger charge is 2.20. The number of aliphatic hydroxyl groups is 1. The van der Waals surface area contributed by atoms with E-state index in [9.17, 15) is 0 Å². The van der Waals surface area contributed by atoms with E-state index in [-0.39, 0.29) is 6.61 Å². The van der Waals surface area contributed by atoms with Crippen LogP contribution < -0.4 is 0 Å². The van der Waals surface area contributed by atoms with Crippen LogP contribution in [0, 0.1) is 0 Å². The van der Waals surface area contributed by atoms with Crippen molar-refractivity contribution in [2.24, 2.45) is 0 Å². The molecule has 0 aliphatic carbocycles. The summed E-state index contributed by atoms with van der Waals surface area (Å²) in [6.07, 6.45) is 2.70. The summed E-state index contributed by atoms with van der Waals surface area (Å²) < 4.78 is 5.23. The van der Waals surface area contributed by atoms with E-state index < -0.39 is 0 Å². The first-order valence-corrected chi connectivity index (χ1v) is 4.12. The summed E-state index contributed by atoms with van der Waals surface area (Å²) >= 11 is 0. The number of nitrogens with zero attached hydrogens (tertiary/aromatic N) is 1. The molecule has 1 aromatic rings. The first-order chi connectivity index (χ1) is 5.90. The van der Waals surface area contributed by atoms with E-state index in [4.69, 9.17) is 9.84 Å². The average molecular weight is 168 g/mol. The molecule has 2 N–H and O–H groups in total. The van der Waals surface area contributed by atoms with Gasteiger partial charge in [-0.1, -0.05) is 0 Å². The fraction of sp³-hybridized carbons (Fsp3) is 0.625. The summed E-state index contributed by atoms with van der Waals surface area (Å²) in [7, 11) is 0. The van der Waals surface area contributed by atoms with Crippen molar-refractivity contribution in [2.45, 2.75) is 18.9 Å². The predicted octanol–water partition coefficient (Wildman–Crippen LogP) is 0.406. The Morgan fingerprint density at radius 1 is 1.75 bits per heavy atom. The number of aromatic amines is 1. The molecule has 1 aromatic heterocycles. The highest BCUT2D eigenvalue weighted by atomic mass is 16.5. The first-order valence-electron chi connectivity index (χ1n) is 4.12. The van der Waals surface area contributed by atoms with E-state index in [0.717, 1.165) is 31.2 Å². The van der Waals surface area contributed by atoms with Crippen molar-refractivity contribution in [3.63, 3.8) is 0 Å². The zero-order chi connectivity index (χ0) is 8.39. The van der Waals surface area contributed by atoms with Crippen molar-refractivity contribution in [3.8, 4) is 0 Å². The van der Waals surface area contributed by atoms with E-state index in [0.29, 0.717) is 5.92 Å². The van der Waals surface area contributed by atoms with Gasteiger partial charge in [-0.05, 0) is 6.42 Å². The molecule has 1 unspecified atom stereocenters. The summed E-state index contributed by atoms with van der Waals surface area (Å²) in [6, 6.07) is 0. The van der Waals surface area contributed by atoms with Gasteiger partial charge >= 0.3 is 0 Å². The Labute approximate surface area is 70.6 Å². The van der Waals surface area contributed by atoms with Crippen LogP contribution in [0.25, 0.3) is 0 Å². The number of H-pyrrole nitrogens is 1. The van der Waals surface area contributed by atoms with Crippen LogP contribution in [0.2, 0.25) is 0 Å². The first kappa shape index (κ1) is 7.76. The van der Waals surface area contributed by atoms with E-state index in [2.05, 4.69) is 9.97 Å². The Morgan fingerprint density at radius 3 is 3.25 bits per heavy atom. The summed E-state index contributed by atoms with van der Waals surface area (Å²) in [6.45, 7) is 1.60. The Bertz CT molecular complexity index is 253. The minimum absolute atomic E-state index is 0.0284. The third-order valence-electron chi connectivity index (χ3n) is 2.13. The van der Waals surface area contributed by atoms with Crippen LogP contribution in [0.1, 0.15) is 23.9 Å². The number of ether oxygens (including phenoxy) is 1. The van der Waals surface area contributed by atoms with Gasteiger partial charge in [0.15, 0.2) is 0 Å². The van der Waals surface area contributed by atoms with Crippen LogP contribution in [0.5, 0.6) is 0 Å². The van der Waals surface area contributed by atoms with Crippen molar-refractivity contribution in [1.82, 2.24) is 9.97 Å². The molecule has 4 heteroatoms. The van der Waals surface area contributed by atoms with Crippen LogP contribution in [-0.4, -0.2) is 28.3 Å². The number of hydrogen-bond acceptors (Lipinski definition) is 3. The van der Waals surface area contributed by atoms with Gasteiger partial charge in [0.2, 0.25) is 0 Å². The maximum atomic E-state index is 8.79. The van der Waals surface area contributed by atoms with Crippen LogP contribution in [-0.2, 0) is 11.3 Å². The Morgan fingerprint density at radius 2 is 2.67 bits per heavy atom. The van der Waals surface area contributed by atoms with Crippen molar-refractivity contribution in [1.29, 1.82) is 0 Å². The molecule has 66 valence electrons. The van der Waals surface area contributed by atoms with Gasteiger partial charge in [-0.25, -0.2) is 4.98 Å². The van der Waals surface area contributed by atoms with Crippen LogP contribution in [0.4, 0.5) is 0 Å². The molecule has 1 fully saturated rings. The SMILES string of the molecule is OCc1cnc(C2CCOC2)[nH]1. The topological polar surface area (TPSA) is 58.1 Å². The molecule has 0 bridgehead atoms. The summed E-state index contributed by atoms with van der Waals surface area (Å²) in [5, 5.41) is 8.79. The average Bonchev–Trinajstić information content (AvgIpc) is 2.75. The van der Waals surface area contributed by atoms with Crippen LogP contribution in [0.3, 0.4) is 0 Å². The molecule has 1 saturated heterocycles. The minimum Gasteiger partial charge on any atom is -0.390 e. The number of aliphatic hydroxyl groups excluding tert-OH is 1. The van der Waals surface area contributed by atoms with Crippen molar-refractivity contribution < 1.29 is 9.84 Å². The maximum Gasteiger partial charge on any atom is 0.111 e. The molecule has 0 spiro atoms. The highest BCUT2D eigenvalue weighted by Crippen LogP contribution is 2.22. The minimum atomic E-state index is 0.0284. The monoisotopic (exact) mass is 168 g/mol. The smallest absolute Gasteiger partial charge is 0.111 e. The fourth-order valence-electron chi connectivity index (χ4n) is 1.41. The van der Waals surface area contributed by atoms with Gasteiger partial charge in [0.05, 0.1) is 25.1 Å². The second-order valence-electron chi connectivity index (χ2n) is 3.01. The van der Waals surface area contributed by atoms with Gasteiger partial charge in [0, 0.05) is 12.5 Å². The molecule has 1 aliphatic rings. The highest BCUT2D eigenvalue weighted by molar-refractivity contribution is 5.05. The molecule has 1 atom stereocenters. The van der Waals surface area contributed by atoms with Crippen molar-refractivity contribution >= 4 is 0 Å². The summed E-state index contributed by atoms with van der Waals surface area (Å²) in [5.74, 6) is 1.34. The number of imidazole rings is 1. The lowest BCUT2D eigenvalue weighted by Gasteiger charge is -2.01. The van der Waals surface area contributed by atoms with Gasteiger partial charge in [0.25, 0.3) is 0 Å². The molecule has 0 aromatic carbocycles. The summed E-state index contributed by atoms with van der Waals surface area (Å²) in [4.78, 5) is 7.24. The van der Waals surface area contributed by atoms with E-state index in [1.165, 1.54) is 0 Å². The second kappa shape index (κ2) is 3.25. The Kier molecular flexibility index (Phi) is 2.10. The molecular weight excluding hydrogens is 156 g/mol. The maximum absolute atomic E-state index is 8.79. The summed E-state index contributed by atoms with van der Waals surface area (Å²) in [5.41, 5.74) is 0.775. The van der Waals surface area contributed by atoms with Gasteiger partial charge < -0.3 is 14.8 Å². The van der Waals surface area contributed by atoms with Gasteiger partial charge in [0.1, 0.15) is 5.82 Å². The van der Waals surface area contributed by atoms with Crippen LogP contribution in [0.15, 0.2) is 6.20 Å². The molecule has 2 rings (SSSR count). The van der Waals surface area contributed by atoms with Crippen LogP contribution >= 0.6 is 0 Å². The normalized spacial score (nSPS) is 23.2. The largest absolute Gasteiger partial charge is 0.390 e. The van der Waals surface area contributed by atoms with Gasteiger partial charge in [-0.2, -0.15) is 0 Å². The lowest BCUT2D eigenvalue weighted by Crippen LogP contribution is -1.99. The fourth-order valence-corrected chi connectivity index (χ4v) is 1.41. The number of hydrogen-bond donors (Lipinski definition) is 2. The number of aromatic nitrogens is 2. The zero-order valence-electron chi connectivity index (χ0n) is 6.79. The van der Waals surface area contributed by atoms with Gasteiger partial charge in [-0.3, -0.25) is 0 Å². The predicted molar refractivity (Wildman–Crippen MR) is 42.7 cm³/mol. The quantitative estimate of drug-likeness (QED) is 0.672. The molecule has 0 saturated carbocycles. The zero-order valence-corrected chi connectivity index (χ0v) is 6.79. The lowest BCUT2D eigenvalue weighted by atomic mass is 10.1. The standard InChI is InChI=1S/C8H12N2O2/c11-4-7-3-9-8(10-7)6-1-2-12-5-6/h3,6,11H,1-2,4-5H2,(H,9,10). The van der Waals surface area contributed by atoms with E-state index in [1.54, 1.807) is 6.20 Å². The van der Waals surface area contributed by atoms with E-state index in [1.807, 2.05) is 0 Å². The van der Waals surface area contributed by atoms with Crippen molar-refractivity contribution in [2.75, 3.05) is 13.2 Å². The third kappa shape index (κ3) is 1.35. The second-order valence-corrected chi connectivity index (χ2v) is 3.01. The molecule has 1 aliphatic heterocycles. The van der Waals surface area contributed by atoms with Crippen molar-refractivity contribution in [3.05, 3.63) is 17.7 Å². The molecular formula is C8H12N2O2. The third-order valence-corrected chi connectivity index (χ3v) is 2.13. The molecule has 2 heterocycles. The van der Waals surface area contributed by atoms with E-state index >= 15 is 0 Å². The lowest BCUT2D eigenvalue weighted by molar-refractivity contribution is 0.193. The van der Waals surface area contributed by atoms with Gasteiger partial charge in [-0.15, -0.1) is 0 Å². The molecule has 4 nitrogen and oxygen atoms in total. The molecule has 12 heavy (non-hydrogen) atoms. The Balaban J connectivity index is 2.11. The molecule has 0 amide bonds. The molecule has 0 radical (unpaired) electrons. The Hall–Kier alpha value is -0.870. The number of rotatable bonds is 2.